The summed E-state index contributed by atoms with van der Waals surface area (Å²) in [6, 6.07) is 5.91. The minimum Gasteiger partial charge on any atom is -0.508 e. The first-order valence-electron chi connectivity index (χ1n) is 5.41. The summed E-state index contributed by atoms with van der Waals surface area (Å²) in [4.78, 5) is 24.8. The highest BCUT2D eigenvalue weighted by Crippen LogP contribution is 2.32. The molecule has 1 aromatic rings. The standard InChI is InChI=1S/C12H14N2O3/c1-3-12(8-4-6-9(15)7-5-8)10(16)14(2)11(17)13-12/h4-7,15H,3H2,1-2H3,(H,13,17)/t12-/m0/s1. The Bertz CT molecular complexity index is 469. The zero-order valence-electron chi connectivity index (χ0n) is 9.73. The number of imide groups is 1. The van der Waals surface area contributed by atoms with Crippen molar-refractivity contribution in [1.29, 1.82) is 0 Å². The van der Waals surface area contributed by atoms with Gasteiger partial charge in [-0.25, -0.2) is 4.79 Å². The zero-order chi connectivity index (χ0) is 12.6. The number of carbonyl (C=O) groups excluding carboxylic acids is 2. The van der Waals surface area contributed by atoms with Crippen molar-refractivity contribution < 1.29 is 14.7 Å². The van der Waals surface area contributed by atoms with E-state index in [2.05, 4.69) is 5.32 Å². The van der Waals surface area contributed by atoms with Crippen molar-refractivity contribution in [3.05, 3.63) is 29.8 Å². The van der Waals surface area contributed by atoms with Crippen LogP contribution in [0.4, 0.5) is 4.79 Å². The van der Waals surface area contributed by atoms with E-state index in [-0.39, 0.29) is 11.7 Å². The van der Waals surface area contributed by atoms with Crippen LogP contribution in [0.2, 0.25) is 0 Å². The number of carbonyl (C=O) groups is 2. The van der Waals surface area contributed by atoms with E-state index in [4.69, 9.17) is 0 Å². The first-order chi connectivity index (χ1) is 8.01. The van der Waals surface area contributed by atoms with Gasteiger partial charge in [0.05, 0.1) is 0 Å². The number of hydrogen-bond donors (Lipinski definition) is 2. The summed E-state index contributed by atoms with van der Waals surface area (Å²) in [6.07, 6.45) is 0.465. The maximum Gasteiger partial charge on any atom is 0.325 e. The topological polar surface area (TPSA) is 69.6 Å². The van der Waals surface area contributed by atoms with Gasteiger partial charge in [-0.05, 0) is 24.1 Å². The number of phenols is 1. The lowest BCUT2D eigenvalue weighted by Gasteiger charge is -2.25. The monoisotopic (exact) mass is 234 g/mol. The van der Waals surface area contributed by atoms with Crippen molar-refractivity contribution in [3.8, 4) is 5.75 Å². The second-order valence-corrected chi connectivity index (χ2v) is 4.10. The van der Waals surface area contributed by atoms with Gasteiger partial charge in [-0.2, -0.15) is 0 Å². The van der Waals surface area contributed by atoms with Gasteiger partial charge in [-0.15, -0.1) is 0 Å². The molecule has 0 aliphatic carbocycles. The van der Waals surface area contributed by atoms with E-state index in [9.17, 15) is 14.7 Å². The molecule has 1 aliphatic rings. The van der Waals surface area contributed by atoms with Gasteiger partial charge >= 0.3 is 6.03 Å². The fourth-order valence-electron chi connectivity index (χ4n) is 2.08. The van der Waals surface area contributed by atoms with Crippen LogP contribution < -0.4 is 5.32 Å². The number of hydrogen-bond acceptors (Lipinski definition) is 3. The third-order valence-corrected chi connectivity index (χ3v) is 3.19. The molecule has 0 spiro atoms. The number of amides is 3. The maximum absolute atomic E-state index is 12.1. The van der Waals surface area contributed by atoms with Crippen molar-refractivity contribution in [1.82, 2.24) is 10.2 Å². The first kappa shape index (κ1) is 11.4. The molecule has 3 amide bonds. The fraction of sp³-hybridized carbons (Fsp3) is 0.333. The molecule has 0 unspecified atom stereocenters. The third kappa shape index (κ3) is 1.54. The molecule has 0 saturated carbocycles. The van der Waals surface area contributed by atoms with E-state index in [1.165, 1.54) is 19.2 Å². The van der Waals surface area contributed by atoms with E-state index in [0.29, 0.717) is 12.0 Å². The molecule has 0 bridgehead atoms. The van der Waals surface area contributed by atoms with Crippen LogP contribution in [0, 0.1) is 0 Å². The summed E-state index contributed by atoms with van der Waals surface area (Å²) in [5.41, 5.74) is -0.319. The minimum absolute atomic E-state index is 0.130. The number of rotatable bonds is 2. The molecule has 2 N–H and O–H groups in total. The van der Waals surface area contributed by atoms with Gasteiger partial charge in [0, 0.05) is 7.05 Å². The molecular weight excluding hydrogens is 220 g/mol. The quantitative estimate of drug-likeness (QED) is 0.755. The lowest BCUT2D eigenvalue weighted by atomic mass is 9.87. The maximum atomic E-state index is 12.1. The van der Waals surface area contributed by atoms with Crippen LogP contribution in [0.15, 0.2) is 24.3 Å². The average molecular weight is 234 g/mol. The summed E-state index contributed by atoms with van der Waals surface area (Å²) in [7, 11) is 1.45. The Hall–Kier alpha value is -2.04. The predicted molar refractivity (Wildman–Crippen MR) is 61.4 cm³/mol. The number of nitrogens with one attached hydrogen (secondary N) is 1. The highest BCUT2D eigenvalue weighted by Gasteiger charge is 2.49. The van der Waals surface area contributed by atoms with Gasteiger partial charge in [-0.3, -0.25) is 9.69 Å². The van der Waals surface area contributed by atoms with Crippen LogP contribution in [-0.2, 0) is 10.3 Å². The number of urea groups is 1. The van der Waals surface area contributed by atoms with Crippen LogP contribution in [0.5, 0.6) is 5.75 Å². The summed E-state index contributed by atoms with van der Waals surface area (Å²) in [5.74, 6) is -0.138. The van der Waals surface area contributed by atoms with Crippen LogP contribution in [-0.4, -0.2) is 29.0 Å². The molecule has 1 atom stereocenters. The summed E-state index contributed by atoms with van der Waals surface area (Å²) < 4.78 is 0. The first-order valence-corrected chi connectivity index (χ1v) is 5.41. The van der Waals surface area contributed by atoms with Gasteiger partial charge in [0.15, 0.2) is 0 Å². The van der Waals surface area contributed by atoms with Gasteiger partial charge in [-0.1, -0.05) is 19.1 Å². The normalized spacial score (nSPS) is 24.0. The predicted octanol–water partition coefficient (Wildman–Crippen LogP) is 1.18. The van der Waals surface area contributed by atoms with Crippen LogP contribution in [0.1, 0.15) is 18.9 Å². The van der Waals surface area contributed by atoms with Crippen molar-refractivity contribution in [2.24, 2.45) is 0 Å². The lowest BCUT2D eigenvalue weighted by Crippen LogP contribution is -2.43. The second kappa shape index (κ2) is 3.76. The van der Waals surface area contributed by atoms with Crippen molar-refractivity contribution >= 4 is 11.9 Å². The Labute approximate surface area is 99.0 Å². The third-order valence-electron chi connectivity index (χ3n) is 3.19. The van der Waals surface area contributed by atoms with Crippen molar-refractivity contribution in [3.63, 3.8) is 0 Å². The Kier molecular flexibility index (Phi) is 2.53. The number of benzene rings is 1. The summed E-state index contributed by atoms with van der Waals surface area (Å²) in [5, 5.41) is 12.0. The Morgan fingerprint density at radius 3 is 2.29 bits per heavy atom. The lowest BCUT2D eigenvalue weighted by molar-refractivity contribution is -0.130. The van der Waals surface area contributed by atoms with E-state index in [0.717, 1.165) is 4.90 Å². The molecule has 0 radical (unpaired) electrons. The number of likely N-dealkylation sites (N-methyl/N-ethyl adjacent to an activating group) is 1. The average Bonchev–Trinajstić information content (AvgIpc) is 2.55. The van der Waals surface area contributed by atoms with E-state index >= 15 is 0 Å². The molecule has 1 saturated heterocycles. The van der Waals surface area contributed by atoms with Gasteiger partial charge in [0.25, 0.3) is 5.91 Å². The Balaban J connectivity index is 2.49. The Morgan fingerprint density at radius 2 is 1.88 bits per heavy atom. The summed E-state index contributed by atoms with van der Waals surface area (Å²) >= 11 is 0. The van der Waals surface area contributed by atoms with Crippen molar-refractivity contribution in [2.75, 3.05) is 7.05 Å². The van der Waals surface area contributed by atoms with Gasteiger partial charge in [0.1, 0.15) is 11.3 Å². The molecule has 90 valence electrons. The second-order valence-electron chi connectivity index (χ2n) is 4.10. The minimum atomic E-state index is -1.00. The smallest absolute Gasteiger partial charge is 0.325 e. The van der Waals surface area contributed by atoms with Crippen LogP contribution in [0.25, 0.3) is 0 Å². The van der Waals surface area contributed by atoms with E-state index < -0.39 is 11.6 Å². The zero-order valence-corrected chi connectivity index (χ0v) is 9.73. The summed E-state index contributed by atoms with van der Waals surface area (Å²) in [6.45, 7) is 1.84. The largest absolute Gasteiger partial charge is 0.508 e. The molecule has 1 aliphatic heterocycles. The molecule has 1 aromatic carbocycles. The fourth-order valence-corrected chi connectivity index (χ4v) is 2.08. The molecule has 1 heterocycles. The number of aromatic hydroxyl groups is 1. The van der Waals surface area contributed by atoms with Crippen LogP contribution in [0.3, 0.4) is 0 Å². The van der Waals surface area contributed by atoms with E-state index in [1.807, 2.05) is 6.92 Å². The molecule has 5 nitrogen and oxygen atoms in total. The molecule has 0 aromatic heterocycles. The highest BCUT2D eigenvalue weighted by molar-refractivity contribution is 6.07. The Morgan fingerprint density at radius 1 is 1.29 bits per heavy atom. The SMILES string of the molecule is CC[C@@]1(c2ccc(O)cc2)NC(=O)N(C)C1=O. The number of nitrogens with zero attached hydrogens (tertiary/aromatic N) is 1. The van der Waals surface area contributed by atoms with E-state index in [1.54, 1.807) is 12.1 Å². The molecule has 17 heavy (non-hydrogen) atoms. The van der Waals surface area contributed by atoms with Gasteiger partial charge < -0.3 is 10.4 Å². The van der Waals surface area contributed by atoms with Gasteiger partial charge in [0.2, 0.25) is 0 Å². The van der Waals surface area contributed by atoms with Crippen molar-refractivity contribution in [2.45, 2.75) is 18.9 Å². The number of phenolic OH excluding ortho intramolecular Hbond substituents is 1. The molecule has 2 rings (SSSR count). The van der Waals surface area contributed by atoms with Crippen LogP contribution >= 0.6 is 0 Å². The molecule has 1 fully saturated rings. The highest BCUT2D eigenvalue weighted by atomic mass is 16.3. The molecular formula is C12H14N2O3. The molecule has 5 heteroatoms.